The Kier molecular flexibility index (Phi) is 4.23. The summed E-state index contributed by atoms with van der Waals surface area (Å²) in [6.07, 6.45) is -0.413. The Hall–Kier alpha value is -1.38. The van der Waals surface area contributed by atoms with Gasteiger partial charge in [0.1, 0.15) is 16.8 Å². The van der Waals surface area contributed by atoms with E-state index in [0.29, 0.717) is 24.8 Å². The van der Waals surface area contributed by atoms with E-state index in [1.54, 1.807) is 0 Å². The third-order valence-corrected chi connectivity index (χ3v) is 3.47. The SMILES string of the molecule is Cc1c(Cl)nc(C(C)C)nc1N1CCOC(C#N)C1. The van der Waals surface area contributed by atoms with E-state index in [1.165, 1.54) is 0 Å². The van der Waals surface area contributed by atoms with E-state index < -0.39 is 6.10 Å². The maximum absolute atomic E-state index is 8.96. The summed E-state index contributed by atoms with van der Waals surface area (Å²) in [5.74, 6) is 1.75. The molecule has 0 amide bonds. The molecule has 0 spiro atoms. The van der Waals surface area contributed by atoms with Crippen LogP contribution in [0.15, 0.2) is 0 Å². The van der Waals surface area contributed by atoms with Gasteiger partial charge in [-0.2, -0.15) is 5.26 Å². The van der Waals surface area contributed by atoms with Gasteiger partial charge in [0.25, 0.3) is 0 Å². The van der Waals surface area contributed by atoms with E-state index in [2.05, 4.69) is 16.0 Å². The molecule has 0 radical (unpaired) electrons. The number of aromatic nitrogens is 2. The minimum absolute atomic E-state index is 0.213. The fourth-order valence-corrected chi connectivity index (χ4v) is 2.15. The van der Waals surface area contributed by atoms with Crippen molar-refractivity contribution < 1.29 is 4.74 Å². The quantitative estimate of drug-likeness (QED) is 0.778. The van der Waals surface area contributed by atoms with E-state index in [4.69, 9.17) is 21.6 Å². The molecule has 1 unspecified atom stereocenters. The van der Waals surface area contributed by atoms with Crippen LogP contribution in [0, 0.1) is 18.3 Å². The van der Waals surface area contributed by atoms with Crippen molar-refractivity contribution in [1.29, 1.82) is 5.26 Å². The molecule has 0 saturated carbocycles. The number of nitriles is 1. The van der Waals surface area contributed by atoms with Crippen molar-refractivity contribution in [3.05, 3.63) is 16.5 Å². The number of hydrogen-bond donors (Lipinski definition) is 0. The van der Waals surface area contributed by atoms with Crippen LogP contribution in [-0.4, -0.2) is 35.8 Å². The zero-order valence-electron chi connectivity index (χ0n) is 11.4. The van der Waals surface area contributed by atoms with Crippen LogP contribution < -0.4 is 4.90 Å². The minimum Gasteiger partial charge on any atom is -0.360 e. The van der Waals surface area contributed by atoms with Gasteiger partial charge in [-0.05, 0) is 6.92 Å². The second kappa shape index (κ2) is 5.72. The molecule has 1 atom stereocenters. The fraction of sp³-hybridized carbons (Fsp3) is 0.615. The highest BCUT2D eigenvalue weighted by Crippen LogP contribution is 2.27. The van der Waals surface area contributed by atoms with E-state index in [0.717, 1.165) is 17.2 Å². The molecule has 2 heterocycles. The molecular weight excluding hydrogens is 264 g/mol. The van der Waals surface area contributed by atoms with E-state index in [1.807, 2.05) is 25.7 Å². The van der Waals surface area contributed by atoms with E-state index in [9.17, 15) is 0 Å². The highest BCUT2D eigenvalue weighted by atomic mass is 35.5. The van der Waals surface area contributed by atoms with Crippen LogP contribution in [0.25, 0.3) is 0 Å². The van der Waals surface area contributed by atoms with Gasteiger partial charge in [0, 0.05) is 18.0 Å². The molecule has 1 saturated heterocycles. The normalized spacial score (nSPS) is 19.6. The first kappa shape index (κ1) is 14.0. The Morgan fingerprint density at radius 2 is 2.21 bits per heavy atom. The zero-order chi connectivity index (χ0) is 14.0. The number of hydrogen-bond acceptors (Lipinski definition) is 5. The topological polar surface area (TPSA) is 62.0 Å². The van der Waals surface area contributed by atoms with Gasteiger partial charge in [-0.1, -0.05) is 25.4 Å². The van der Waals surface area contributed by atoms with Crippen molar-refractivity contribution in [2.75, 3.05) is 24.6 Å². The van der Waals surface area contributed by atoms with Gasteiger partial charge in [-0.25, -0.2) is 9.97 Å². The number of ether oxygens (including phenoxy) is 1. The highest BCUT2D eigenvalue weighted by molar-refractivity contribution is 6.30. The van der Waals surface area contributed by atoms with Gasteiger partial charge in [-0.3, -0.25) is 0 Å². The summed E-state index contributed by atoms with van der Waals surface area (Å²) in [7, 11) is 0. The number of halogens is 1. The van der Waals surface area contributed by atoms with Crippen LogP contribution in [-0.2, 0) is 4.74 Å². The first-order valence-corrected chi connectivity index (χ1v) is 6.71. The van der Waals surface area contributed by atoms with Gasteiger partial charge >= 0.3 is 0 Å². The lowest BCUT2D eigenvalue weighted by atomic mass is 10.2. The first-order valence-electron chi connectivity index (χ1n) is 6.33. The Balaban J connectivity index is 2.35. The minimum atomic E-state index is -0.413. The Bertz CT molecular complexity index is 512. The summed E-state index contributed by atoms with van der Waals surface area (Å²) in [5.41, 5.74) is 0.852. The molecule has 1 aromatic heterocycles. The molecule has 5 nitrogen and oxygen atoms in total. The van der Waals surface area contributed by atoms with E-state index >= 15 is 0 Å². The molecule has 1 aliphatic rings. The molecule has 2 rings (SSSR count). The number of nitrogens with zero attached hydrogens (tertiary/aromatic N) is 4. The Labute approximate surface area is 118 Å². The van der Waals surface area contributed by atoms with Crippen LogP contribution in [0.2, 0.25) is 5.15 Å². The molecule has 0 N–H and O–H groups in total. The third-order valence-electron chi connectivity index (χ3n) is 3.10. The number of rotatable bonds is 2. The lowest BCUT2D eigenvalue weighted by molar-refractivity contribution is 0.0761. The van der Waals surface area contributed by atoms with Crippen LogP contribution in [0.4, 0.5) is 5.82 Å². The fourth-order valence-electron chi connectivity index (χ4n) is 1.98. The molecule has 102 valence electrons. The molecule has 1 fully saturated rings. The van der Waals surface area contributed by atoms with Crippen molar-refractivity contribution in [1.82, 2.24) is 9.97 Å². The third kappa shape index (κ3) is 2.96. The van der Waals surface area contributed by atoms with Crippen LogP contribution in [0.3, 0.4) is 0 Å². The largest absolute Gasteiger partial charge is 0.360 e. The second-order valence-electron chi connectivity index (χ2n) is 4.91. The van der Waals surface area contributed by atoms with Crippen LogP contribution in [0.1, 0.15) is 31.2 Å². The monoisotopic (exact) mass is 280 g/mol. The average Bonchev–Trinajstić information content (AvgIpc) is 2.41. The first-order chi connectivity index (χ1) is 9.02. The van der Waals surface area contributed by atoms with Crippen molar-refractivity contribution in [2.24, 2.45) is 0 Å². The van der Waals surface area contributed by atoms with Gasteiger partial charge in [-0.15, -0.1) is 0 Å². The lowest BCUT2D eigenvalue weighted by Crippen LogP contribution is -2.42. The molecule has 0 aliphatic carbocycles. The smallest absolute Gasteiger partial charge is 0.161 e. The summed E-state index contributed by atoms with van der Waals surface area (Å²) in [5, 5.41) is 9.44. The maximum Gasteiger partial charge on any atom is 0.161 e. The summed E-state index contributed by atoms with van der Waals surface area (Å²) in [4.78, 5) is 10.9. The van der Waals surface area contributed by atoms with Crippen molar-refractivity contribution in [3.8, 4) is 6.07 Å². The molecule has 6 heteroatoms. The average molecular weight is 281 g/mol. The second-order valence-corrected chi connectivity index (χ2v) is 5.27. The van der Waals surface area contributed by atoms with Gasteiger partial charge < -0.3 is 9.64 Å². The van der Waals surface area contributed by atoms with Crippen molar-refractivity contribution in [3.63, 3.8) is 0 Å². The molecule has 0 aromatic carbocycles. The summed E-state index contributed by atoms with van der Waals surface area (Å²) in [6, 6.07) is 2.13. The molecule has 19 heavy (non-hydrogen) atoms. The molecule has 0 bridgehead atoms. The van der Waals surface area contributed by atoms with Crippen LogP contribution in [0.5, 0.6) is 0 Å². The molecule has 1 aliphatic heterocycles. The lowest BCUT2D eigenvalue weighted by Gasteiger charge is -2.32. The number of anilines is 1. The predicted octanol–water partition coefficient (Wildman–Crippen LogP) is 2.29. The Morgan fingerprint density at radius 1 is 1.47 bits per heavy atom. The van der Waals surface area contributed by atoms with Crippen LogP contribution >= 0.6 is 11.6 Å². The summed E-state index contributed by atoms with van der Waals surface area (Å²) >= 11 is 6.18. The summed E-state index contributed by atoms with van der Waals surface area (Å²) < 4.78 is 5.35. The zero-order valence-corrected chi connectivity index (χ0v) is 12.1. The van der Waals surface area contributed by atoms with Gasteiger partial charge in [0.05, 0.1) is 19.2 Å². The standard InChI is InChI=1S/C13H17ClN4O/c1-8(2)12-16-11(14)9(3)13(17-12)18-4-5-19-10(6-15)7-18/h8,10H,4-5,7H2,1-3H3. The predicted molar refractivity (Wildman–Crippen MR) is 73.4 cm³/mol. The van der Waals surface area contributed by atoms with Gasteiger partial charge in [0.15, 0.2) is 6.10 Å². The molecular formula is C13H17ClN4O. The van der Waals surface area contributed by atoms with E-state index in [-0.39, 0.29) is 5.92 Å². The van der Waals surface area contributed by atoms with Gasteiger partial charge in [0.2, 0.25) is 0 Å². The highest BCUT2D eigenvalue weighted by Gasteiger charge is 2.24. The maximum atomic E-state index is 8.96. The van der Waals surface area contributed by atoms with Crippen molar-refractivity contribution in [2.45, 2.75) is 32.8 Å². The summed E-state index contributed by atoms with van der Waals surface area (Å²) in [6.45, 7) is 7.71. The van der Waals surface area contributed by atoms with Crippen molar-refractivity contribution >= 4 is 17.4 Å². The number of morpholine rings is 1. The molecule has 1 aromatic rings. The Morgan fingerprint density at radius 3 is 2.84 bits per heavy atom.